The minimum absolute atomic E-state index is 0.210. The van der Waals surface area contributed by atoms with Gasteiger partial charge >= 0.3 is 0 Å². The second kappa shape index (κ2) is 6.32. The van der Waals surface area contributed by atoms with Crippen molar-refractivity contribution in [2.45, 2.75) is 18.7 Å². The summed E-state index contributed by atoms with van der Waals surface area (Å²) in [7, 11) is -3.53. The van der Waals surface area contributed by atoms with Crippen LogP contribution in [0.3, 0.4) is 0 Å². The van der Waals surface area contributed by atoms with E-state index in [0.717, 1.165) is 0 Å². The lowest BCUT2D eigenvalue weighted by atomic mass is 10.2. The minimum atomic E-state index is -3.53. The molecule has 1 unspecified atom stereocenters. The Balaban J connectivity index is 3.08. The molecule has 1 atom stereocenters. The van der Waals surface area contributed by atoms with E-state index in [1.165, 1.54) is 4.31 Å². The maximum Gasteiger partial charge on any atom is 0.243 e. The van der Waals surface area contributed by atoms with Crippen LogP contribution in [0.4, 0.5) is 0 Å². The fraction of sp³-hybridized carbons (Fsp3) is 0.417. The van der Waals surface area contributed by atoms with E-state index in [9.17, 15) is 8.42 Å². The molecule has 0 radical (unpaired) electrons. The summed E-state index contributed by atoms with van der Waals surface area (Å²) in [4.78, 5) is 0.240. The van der Waals surface area contributed by atoms with Crippen molar-refractivity contribution in [3.8, 4) is 6.07 Å². The Kier molecular flexibility index (Phi) is 5.32. The Bertz CT molecular complexity index is 551. The molecule has 18 heavy (non-hydrogen) atoms. The molecule has 1 rings (SSSR count). The van der Waals surface area contributed by atoms with Crippen LogP contribution < -0.4 is 0 Å². The van der Waals surface area contributed by atoms with E-state index in [4.69, 9.17) is 5.26 Å². The molecular weight excluding hydrogens is 316 g/mol. The lowest BCUT2D eigenvalue weighted by molar-refractivity contribution is 0.400. The maximum atomic E-state index is 12.4. The molecule has 0 aliphatic carbocycles. The molecule has 0 spiro atoms. The quantitative estimate of drug-likeness (QED) is 0.833. The van der Waals surface area contributed by atoms with E-state index < -0.39 is 10.0 Å². The second-order valence-corrected chi connectivity index (χ2v) is 6.80. The molecule has 0 aliphatic heterocycles. The van der Waals surface area contributed by atoms with Crippen LogP contribution in [0.5, 0.6) is 0 Å². The number of nitriles is 1. The Hall–Kier alpha value is -0.900. The van der Waals surface area contributed by atoms with Crippen LogP contribution in [0.2, 0.25) is 0 Å². The lowest BCUT2D eigenvalue weighted by Gasteiger charge is -2.21. The fourth-order valence-electron chi connectivity index (χ4n) is 1.52. The summed E-state index contributed by atoms with van der Waals surface area (Å²) in [6.07, 6.45) is 0. The predicted octanol–water partition coefficient (Wildman–Crippen LogP) is 2.62. The average molecular weight is 331 g/mol. The van der Waals surface area contributed by atoms with Crippen molar-refractivity contribution in [3.05, 3.63) is 28.7 Å². The summed E-state index contributed by atoms with van der Waals surface area (Å²) in [5.41, 5.74) is 0. The largest absolute Gasteiger partial charge is 0.243 e. The van der Waals surface area contributed by atoms with Gasteiger partial charge in [-0.2, -0.15) is 9.57 Å². The van der Waals surface area contributed by atoms with Crippen LogP contribution in [0.15, 0.2) is 33.6 Å². The van der Waals surface area contributed by atoms with E-state index in [1.807, 2.05) is 6.07 Å². The zero-order valence-corrected chi connectivity index (χ0v) is 12.7. The van der Waals surface area contributed by atoms with Crippen LogP contribution in [0, 0.1) is 17.2 Å². The minimum Gasteiger partial charge on any atom is -0.207 e. The third-order valence-corrected chi connectivity index (χ3v) is 4.91. The molecule has 1 aromatic rings. The molecule has 0 amide bonds. The molecule has 0 aromatic heterocycles. The lowest BCUT2D eigenvalue weighted by Crippen LogP contribution is -2.34. The first-order chi connectivity index (χ1) is 8.41. The van der Waals surface area contributed by atoms with E-state index in [1.54, 1.807) is 38.1 Å². The van der Waals surface area contributed by atoms with Gasteiger partial charge < -0.3 is 0 Å². The second-order valence-electron chi connectivity index (χ2n) is 3.94. The van der Waals surface area contributed by atoms with E-state index in [-0.39, 0.29) is 17.4 Å². The molecule has 0 saturated heterocycles. The number of rotatable bonds is 5. The van der Waals surface area contributed by atoms with Crippen molar-refractivity contribution in [1.82, 2.24) is 4.31 Å². The van der Waals surface area contributed by atoms with Crippen LogP contribution in [0.25, 0.3) is 0 Å². The predicted molar refractivity (Wildman–Crippen MR) is 73.4 cm³/mol. The van der Waals surface area contributed by atoms with Gasteiger partial charge in [0.1, 0.15) is 0 Å². The van der Waals surface area contributed by atoms with Gasteiger partial charge in [0.2, 0.25) is 10.0 Å². The molecule has 0 saturated carbocycles. The van der Waals surface area contributed by atoms with Crippen molar-refractivity contribution < 1.29 is 8.42 Å². The first kappa shape index (κ1) is 15.2. The molecule has 1 aromatic carbocycles. The zero-order chi connectivity index (χ0) is 13.8. The highest BCUT2D eigenvalue weighted by Gasteiger charge is 2.24. The highest BCUT2D eigenvalue weighted by atomic mass is 79.9. The van der Waals surface area contributed by atoms with E-state index >= 15 is 0 Å². The monoisotopic (exact) mass is 330 g/mol. The third-order valence-electron chi connectivity index (χ3n) is 2.48. The summed E-state index contributed by atoms with van der Waals surface area (Å²) < 4.78 is 26.8. The van der Waals surface area contributed by atoms with Crippen LogP contribution in [-0.4, -0.2) is 25.8 Å². The number of hydrogen-bond donors (Lipinski definition) is 0. The van der Waals surface area contributed by atoms with Crippen molar-refractivity contribution in [3.63, 3.8) is 0 Å². The maximum absolute atomic E-state index is 12.4. The van der Waals surface area contributed by atoms with E-state index in [2.05, 4.69) is 15.9 Å². The normalized spacial score (nSPS) is 13.3. The highest BCUT2D eigenvalue weighted by Crippen LogP contribution is 2.20. The fourth-order valence-corrected chi connectivity index (χ4v) is 3.66. The van der Waals surface area contributed by atoms with Crippen molar-refractivity contribution in [2.75, 3.05) is 13.1 Å². The van der Waals surface area contributed by atoms with Crippen molar-refractivity contribution in [1.29, 1.82) is 5.26 Å². The number of benzene rings is 1. The first-order valence-electron chi connectivity index (χ1n) is 5.57. The SMILES string of the molecule is CCN(CC(C)C#N)S(=O)(=O)c1cccc(Br)c1. The number of sulfonamides is 1. The summed E-state index contributed by atoms with van der Waals surface area (Å²) in [6, 6.07) is 8.62. The Morgan fingerprint density at radius 1 is 1.50 bits per heavy atom. The molecular formula is C12H15BrN2O2S. The molecule has 6 heteroatoms. The molecule has 0 heterocycles. The van der Waals surface area contributed by atoms with Gasteiger partial charge in [0.05, 0.1) is 16.9 Å². The van der Waals surface area contributed by atoms with E-state index in [0.29, 0.717) is 11.0 Å². The van der Waals surface area contributed by atoms with Crippen LogP contribution in [-0.2, 0) is 10.0 Å². The average Bonchev–Trinajstić information content (AvgIpc) is 2.35. The zero-order valence-electron chi connectivity index (χ0n) is 10.3. The van der Waals surface area contributed by atoms with Crippen LogP contribution >= 0.6 is 15.9 Å². The Morgan fingerprint density at radius 2 is 2.17 bits per heavy atom. The van der Waals surface area contributed by atoms with Gasteiger partial charge in [0.15, 0.2) is 0 Å². The summed E-state index contributed by atoms with van der Waals surface area (Å²) >= 11 is 3.25. The van der Waals surface area contributed by atoms with Gasteiger partial charge in [-0.1, -0.05) is 28.9 Å². The van der Waals surface area contributed by atoms with Gasteiger partial charge in [-0.15, -0.1) is 0 Å². The molecule has 0 aliphatic rings. The van der Waals surface area contributed by atoms with Crippen molar-refractivity contribution >= 4 is 26.0 Å². The number of nitrogens with zero attached hydrogens (tertiary/aromatic N) is 2. The molecule has 0 bridgehead atoms. The topological polar surface area (TPSA) is 61.2 Å². The third kappa shape index (κ3) is 3.55. The Morgan fingerprint density at radius 3 is 2.67 bits per heavy atom. The van der Waals surface area contributed by atoms with Crippen LogP contribution in [0.1, 0.15) is 13.8 Å². The number of halogens is 1. The standard InChI is InChI=1S/C12H15BrN2O2S/c1-3-15(9-10(2)8-14)18(16,17)12-6-4-5-11(13)7-12/h4-7,10H,3,9H2,1-2H3. The molecule has 98 valence electrons. The smallest absolute Gasteiger partial charge is 0.207 e. The molecule has 4 nitrogen and oxygen atoms in total. The summed E-state index contributed by atoms with van der Waals surface area (Å²) in [6.45, 7) is 4.03. The highest BCUT2D eigenvalue weighted by molar-refractivity contribution is 9.10. The summed E-state index contributed by atoms with van der Waals surface area (Å²) in [5.74, 6) is -0.327. The molecule has 0 N–H and O–H groups in total. The Labute approximate surface area is 116 Å². The van der Waals surface area contributed by atoms with Gasteiger partial charge in [0, 0.05) is 17.6 Å². The summed E-state index contributed by atoms with van der Waals surface area (Å²) in [5, 5.41) is 8.78. The van der Waals surface area contributed by atoms with Gasteiger partial charge in [-0.05, 0) is 25.1 Å². The van der Waals surface area contributed by atoms with Crippen molar-refractivity contribution in [2.24, 2.45) is 5.92 Å². The van der Waals surface area contributed by atoms with Gasteiger partial charge in [-0.25, -0.2) is 8.42 Å². The van der Waals surface area contributed by atoms with Gasteiger partial charge in [0.25, 0.3) is 0 Å². The van der Waals surface area contributed by atoms with Gasteiger partial charge in [-0.3, -0.25) is 0 Å². The molecule has 0 fully saturated rings. The number of hydrogen-bond acceptors (Lipinski definition) is 3. The first-order valence-corrected chi connectivity index (χ1v) is 7.80.